The Morgan fingerprint density at radius 3 is 2.76 bits per heavy atom. The first-order valence-corrected chi connectivity index (χ1v) is 7.54. The lowest BCUT2D eigenvalue weighted by Crippen LogP contribution is -2.58. The van der Waals surface area contributed by atoms with Gasteiger partial charge < -0.3 is 25.4 Å². The summed E-state index contributed by atoms with van der Waals surface area (Å²) in [4.78, 5) is 25.6. The molecule has 0 bridgehead atoms. The van der Waals surface area contributed by atoms with Crippen LogP contribution in [0.2, 0.25) is 0 Å². The molecule has 7 nitrogen and oxygen atoms in total. The predicted octanol–water partition coefficient (Wildman–Crippen LogP) is 0.260. The molecule has 120 valence electrons. The second-order valence-corrected chi connectivity index (χ2v) is 6.27. The summed E-state index contributed by atoms with van der Waals surface area (Å²) in [6, 6.07) is 0.0978. The van der Waals surface area contributed by atoms with Crippen molar-refractivity contribution in [3.8, 4) is 0 Å². The average molecular weight is 299 g/mol. The van der Waals surface area contributed by atoms with Gasteiger partial charge in [0.05, 0.1) is 6.61 Å². The van der Waals surface area contributed by atoms with Gasteiger partial charge in [0.2, 0.25) is 0 Å². The van der Waals surface area contributed by atoms with E-state index in [1.165, 1.54) is 0 Å². The Kier molecular flexibility index (Phi) is 5.05. The standard InChI is InChI=1S/C14H25N3O4/c1-10(2)17-5-3-11(8-17)7-15-13(20)16-14(12(18)19)4-6-21-9-14/h10-11H,3-9H2,1-2H3,(H,18,19)(H2,15,16,20). The maximum Gasteiger partial charge on any atom is 0.332 e. The van der Waals surface area contributed by atoms with E-state index >= 15 is 0 Å². The van der Waals surface area contributed by atoms with E-state index in [9.17, 15) is 14.7 Å². The third kappa shape index (κ3) is 3.85. The van der Waals surface area contributed by atoms with E-state index in [1.54, 1.807) is 0 Å². The Bertz CT molecular complexity index is 394. The molecule has 21 heavy (non-hydrogen) atoms. The SMILES string of the molecule is CC(C)N1CCC(CNC(=O)NC2(C(=O)O)CCOC2)C1. The lowest BCUT2D eigenvalue weighted by molar-refractivity contribution is -0.144. The van der Waals surface area contributed by atoms with Crippen LogP contribution in [0.1, 0.15) is 26.7 Å². The molecule has 2 amide bonds. The summed E-state index contributed by atoms with van der Waals surface area (Å²) in [5, 5.41) is 14.6. The Morgan fingerprint density at radius 2 is 2.24 bits per heavy atom. The fraction of sp³-hybridized carbons (Fsp3) is 0.857. The molecular weight excluding hydrogens is 274 g/mol. The summed E-state index contributed by atoms with van der Waals surface area (Å²) in [6.45, 7) is 7.33. The van der Waals surface area contributed by atoms with E-state index in [1.807, 2.05) is 0 Å². The summed E-state index contributed by atoms with van der Waals surface area (Å²) in [5.41, 5.74) is -1.27. The number of hydrogen-bond acceptors (Lipinski definition) is 4. The third-order valence-electron chi connectivity index (χ3n) is 4.38. The van der Waals surface area contributed by atoms with Gasteiger partial charge in [-0.25, -0.2) is 9.59 Å². The maximum atomic E-state index is 11.9. The fourth-order valence-corrected chi connectivity index (χ4v) is 2.88. The van der Waals surface area contributed by atoms with Gasteiger partial charge >= 0.3 is 12.0 Å². The summed E-state index contributed by atoms with van der Waals surface area (Å²) in [7, 11) is 0. The highest BCUT2D eigenvalue weighted by Crippen LogP contribution is 2.19. The number of carbonyl (C=O) groups is 2. The van der Waals surface area contributed by atoms with Gasteiger partial charge in [0.1, 0.15) is 0 Å². The van der Waals surface area contributed by atoms with Gasteiger partial charge in [-0.15, -0.1) is 0 Å². The molecule has 2 saturated heterocycles. The molecule has 2 unspecified atom stereocenters. The van der Waals surface area contributed by atoms with Gasteiger partial charge in [-0.1, -0.05) is 0 Å². The van der Waals surface area contributed by atoms with Crippen molar-refractivity contribution in [3.63, 3.8) is 0 Å². The lowest BCUT2D eigenvalue weighted by Gasteiger charge is -2.24. The van der Waals surface area contributed by atoms with Crippen LogP contribution in [-0.4, -0.2) is 66.4 Å². The highest BCUT2D eigenvalue weighted by atomic mass is 16.5. The molecule has 2 atom stereocenters. The van der Waals surface area contributed by atoms with Crippen molar-refractivity contribution in [2.24, 2.45) is 5.92 Å². The Morgan fingerprint density at radius 1 is 1.48 bits per heavy atom. The molecule has 0 aliphatic carbocycles. The van der Waals surface area contributed by atoms with Crippen LogP contribution in [-0.2, 0) is 9.53 Å². The molecule has 7 heteroatoms. The van der Waals surface area contributed by atoms with Crippen molar-refractivity contribution in [1.82, 2.24) is 15.5 Å². The van der Waals surface area contributed by atoms with Crippen LogP contribution in [0.5, 0.6) is 0 Å². The average Bonchev–Trinajstić information content (AvgIpc) is 3.05. The van der Waals surface area contributed by atoms with Crippen molar-refractivity contribution >= 4 is 12.0 Å². The van der Waals surface area contributed by atoms with Gasteiger partial charge in [0.25, 0.3) is 0 Å². The molecule has 0 aromatic carbocycles. The summed E-state index contributed by atoms with van der Waals surface area (Å²) >= 11 is 0. The number of amides is 2. The van der Waals surface area contributed by atoms with E-state index in [2.05, 4.69) is 29.4 Å². The zero-order valence-corrected chi connectivity index (χ0v) is 12.7. The van der Waals surface area contributed by atoms with Gasteiger partial charge in [-0.05, 0) is 32.7 Å². The zero-order valence-electron chi connectivity index (χ0n) is 12.7. The van der Waals surface area contributed by atoms with Gasteiger partial charge in [-0.2, -0.15) is 0 Å². The summed E-state index contributed by atoms with van der Waals surface area (Å²) < 4.78 is 5.11. The van der Waals surface area contributed by atoms with Crippen LogP contribution in [0.25, 0.3) is 0 Å². The molecular formula is C14H25N3O4. The molecule has 0 saturated carbocycles. The second-order valence-electron chi connectivity index (χ2n) is 6.27. The van der Waals surface area contributed by atoms with Gasteiger partial charge in [0.15, 0.2) is 5.54 Å². The number of aliphatic carboxylic acids is 1. The van der Waals surface area contributed by atoms with Crippen molar-refractivity contribution in [3.05, 3.63) is 0 Å². The molecule has 2 aliphatic rings. The van der Waals surface area contributed by atoms with Crippen LogP contribution in [0.4, 0.5) is 4.79 Å². The number of hydrogen-bond donors (Lipinski definition) is 3. The fourth-order valence-electron chi connectivity index (χ4n) is 2.88. The second kappa shape index (κ2) is 6.62. The van der Waals surface area contributed by atoms with Crippen LogP contribution < -0.4 is 10.6 Å². The molecule has 0 aromatic heterocycles. The first-order chi connectivity index (χ1) is 9.93. The minimum absolute atomic E-state index is 0.0281. The predicted molar refractivity (Wildman–Crippen MR) is 77.2 cm³/mol. The molecule has 0 aromatic rings. The van der Waals surface area contributed by atoms with Gasteiger partial charge in [-0.3, -0.25) is 0 Å². The van der Waals surface area contributed by atoms with Crippen molar-refractivity contribution < 1.29 is 19.4 Å². The number of carbonyl (C=O) groups excluding carboxylic acids is 1. The van der Waals surface area contributed by atoms with Gasteiger partial charge in [0, 0.05) is 32.2 Å². The van der Waals surface area contributed by atoms with E-state index in [4.69, 9.17) is 4.74 Å². The Labute approximate surface area is 125 Å². The van der Waals surface area contributed by atoms with Crippen LogP contribution in [0.15, 0.2) is 0 Å². The van der Waals surface area contributed by atoms with Crippen LogP contribution in [0, 0.1) is 5.92 Å². The first kappa shape index (κ1) is 16.0. The Balaban J connectivity index is 1.76. The number of nitrogens with zero attached hydrogens (tertiary/aromatic N) is 1. The van der Waals surface area contributed by atoms with Crippen molar-refractivity contribution in [1.29, 1.82) is 0 Å². The maximum absolute atomic E-state index is 11.9. The molecule has 0 spiro atoms. The lowest BCUT2D eigenvalue weighted by atomic mass is 9.99. The van der Waals surface area contributed by atoms with E-state index in [0.717, 1.165) is 19.5 Å². The third-order valence-corrected chi connectivity index (χ3v) is 4.38. The molecule has 0 radical (unpaired) electrons. The van der Waals surface area contributed by atoms with E-state index < -0.39 is 17.5 Å². The van der Waals surface area contributed by atoms with Crippen molar-refractivity contribution in [2.75, 3.05) is 32.8 Å². The summed E-state index contributed by atoms with van der Waals surface area (Å²) in [5.74, 6) is -0.610. The monoisotopic (exact) mass is 299 g/mol. The molecule has 2 rings (SSSR count). The number of likely N-dealkylation sites (tertiary alicyclic amines) is 1. The minimum Gasteiger partial charge on any atom is -0.479 e. The normalized spacial score (nSPS) is 29.8. The number of rotatable bonds is 5. The molecule has 2 heterocycles. The largest absolute Gasteiger partial charge is 0.479 e. The number of ether oxygens (including phenoxy) is 1. The van der Waals surface area contributed by atoms with Crippen molar-refractivity contribution in [2.45, 2.75) is 38.3 Å². The minimum atomic E-state index is -1.27. The topological polar surface area (TPSA) is 90.9 Å². The number of urea groups is 1. The quantitative estimate of drug-likeness (QED) is 0.677. The van der Waals surface area contributed by atoms with Crippen LogP contribution in [0.3, 0.4) is 0 Å². The highest BCUT2D eigenvalue weighted by Gasteiger charge is 2.44. The molecule has 2 aliphatic heterocycles. The Hall–Kier alpha value is -1.34. The number of nitrogens with one attached hydrogen (secondary N) is 2. The first-order valence-electron chi connectivity index (χ1n) is 7.54. The number of carboxylic acids is 1. The highest BCUT2D eigenvalue weighted by molar-refractivity contribution is 5.86. The number of carboxylic acid groups (broad SMARTS) is 1. The molecule has 3 N–H and O–H groups in total. The van der Waals surface area contributed by atoms with E-state index in [0.29, 0.717) is 31.5 Å². The zero-order chi connectivity index (χ0) is 15.5. The smallest absolute Gasteiger partial charge is 0.332 e. The van der Waals surface area contributed by atoms with E-state index in [-0.39, 0.29) is 6.61 Å². The van der Waals surface area contributed by atoms with Crippen LogP contribution >= 0.6 is 0 Å². The summed E-state index contributed by atoms with van der Waals surface area (Å²) in [6.07, 6.45) is 1.37. The molecule has 2 fully saturated rings.